The van der Waals surface area contributed by atoms with Crippen molar-refractivity contribution in [2.75, 3.05) is 19.6 Å². The molecule has 0 aromatic heterocycles. The highest BCUT2D eigenvalue weighted by Gasteiger charge is 2.38. The normalized spacial score (nSPS) is 39.0. The predicted octanol–water partition coefficient (Wildman–Crippen LogP) is 1.14. The summed E-state index contributed by atoms with van der Waals surface area (Å²) in [5.74, 6) is 1.88. The van der Waals surface area contributed by atoms with Crippen LogP contribution in [0.25, 0.3) is 0 Å². The van der Waals surface area contributed by atoms with Gasteiger partial charge in [0, 0.05) is 19.6 Å². The van der Waals surface area contributed by atoms with Gasteiger partial charge < -0.3 is 5.11 Å². The Morgan fingerprint density at radius 1 is 1.13 bits per heavy atom. The second-order valence-corrected chi connectivity index (χ2v) is 5.77. The first-order valence-corrected chi connectivity index (χ1v) is 6.46. The van der Waals surface area contributed by atoms with Crippen molar-refractivity contribution in [3.05, 3.63) is 0 Å². The molecule has 0 aromatic rings. The molecule has 0 amide bonds. The van der Waals surface area contributed by atoms with Gasteiger partial charge >= 0.3 is 0 Å². The Labute approximate surface area is 91.8 Å². The molecule has 0 bridgehead atoms. The summed E-state index contributed by atoms with van der Waals surface area (Å²) in [6, 6.07) is 0. The summed E-state index contributed by atoms with van der Waals surface area (Å²) in [7, 11) is 0. The smallest absolute Gasteiger partial charge is 0.0785 e. The first-order chi connectivity index (χ1) is 7.25. The second-order valence-electron chi connectivity index (χ2n) is 5.77. The Bertz CT molecular complexity index is 228. The van der Waals surface area contributed by atoms with E-state index in [-0.39, 0.29) is 5.60 Å². The van der Waals surface area contributed by atoms with Crippen LogP contribution in [0.5, 0.6) is 0 Å². The molecule has 0 aromatic carbocycles. The lowest BCUT2D eigenvalue weighted by atomic mass is 9.80. The van der Waals surface area contributed by atoms with Crippen molar-refractivity contribution in [1.82, 2.24) is 10.4 Å². The summed E-state index contributed by atoms with van der Waals surface area (Å²) < 4.78 is 0. The molecule has 0 radical (unpaired) electrons. The molecular weight excluding hydrogens is 188 g/mol. The van der Waals surface area contributed by atoms with Crippen LogP contribution in [0, 0.1) is 11.8 Å². The van der Waals surface area contributed by atoms with E-state index >= 15 is 0 Å². The number of aliphatic hydroxyl groups is 1. The molecule has 3 aliphatic rings. The van der Waals surface area contributed by atoms with Crippen LogP contribution in [-0.2, 0) is 0 Å². The average molecular weight is 210 g/mol. The van der Waals surface area contributed by atoms with Crippen LogP contribution < -0.4 is 5.43 Å². The number of fused-ring (bicyclic) bond motifs is 1. The maximum Gasteiger partial charge on any atom is 0.0785 e. The van der Waals surface area contributed by atoms with Crippen LogP contribution in [0.15, 0.2) is 0 Å². The zero-order chi connectivity index (χ0) is 10.3. The SMILES string of the molecule is OC1(CNN2CC3CCCC3C2)CCC1. The van der Waals surface area contributed by atoms with E-state index in [2.05, 4.69) is 10.4 Å². The minimum Gasteiger partial charge on any atom is -0.389 e. The van der Waals surface area contributed by atoms with Gasteiger partial charge in [-0.1, -0.05) is 6.42 Å². The molecule has 2 unspecified atom stereocenters. The van der Waals surface area contributed by atoms with Crippen molar-refractivity contribution < 1.29 is 5.11 Å². The summed E-state index contributed by atoms with van der Waals surface area (Å²) in [6.07, 6.45) is 7.46. The van der Waals surface area contributed by atoms with Gasteiger partial charge in [-0.25, -0.2) is 5.01 Å². The molecule has 1 aliphatic heterocycles. The van der Waals surface area contributed by atoms with Gasteiger partial charge in [-0.15, -0.1) is 0 Å². The molecule has 2 N–H and O–H groups in total. The zero-order valence-corrected chi connectivity index (χ0v) is 9.41. The van der Waals surface area contributed by atoms with E-state index in [9.17, 15) is 5.11 Å². The average Bonchev–Trinajstić information content (AvgIpc) is 2.70. The van der Waals surface area contributed by atoms with E-state index in [0.29, 0.717) is 0 Å². The minimum absolute atomic E-state index is 0.377. The lowest BCUT2D eigenvalue weighted by Crippen LogP contribution is -2.51. The van der Waals surface area contributed by atoms with Crippen LogP contribution in [0.1, 0.15) is 38.5 Å². The van der Waals surface area contributed by atoms with E-state index in [4.69, 9.17) is 0 Å². The third kappa shape index (κ3) is 1.93. The number of hydrogen-bond donors (Lipinski definition) is 2. The Hall–Kier alpha value is -0.120. The molecule has 2 saturated carbocycles. The standard InChI is InChI=1S/C12H22N2O/c15-12(5-2-6-12)9-13-14-7-10-3-1-4-11(10)8-14/h10-11,13,15H,1-9H2. The van der Waals surface area contributed by atoms with Gasteiger partial charge in [0.1, 0.15) is 0 Å². The highest BCUT2D eigenvalue weighted by atomic mass is 16.3. The summed E-state index contributed by atoms with van der Waals surface area (Å²) in [4.78, 5) is 0. The third-order valence-electron chi connectivity index (χ3n) is 4.64. The van der Waals surface area contributed by atoms with Crippen molar-refractivity contribution in [3.63, 3.8) is 0 Å². The van der Waals surface area contributed by atoms with E-state index < -0.39 is 0 Å². The minimum atomic E-state index is -0.377. The van der Waals surface area contributed by atoms with Gasteiger partial charge in [-0.3, -0.25) is 5.43 Å². The largest absolute Gasteiger partial charge is 0.389 e. The molecule has 2 atom stereocenters. The molecule has 3 fully saturated rings. The first kappa shape index (κ1) is 10.1. The lowest BCUT2D eigenvalue weighted by molar-refractivity contribution is -0.0450. The van der Waals surface area contributed by atoms with Crippen molar-refractivity contribution in [2.45, 2.75) is 44.1 Å². The fourth-order valence-electron chi connectivity index (χ4n) is 3.38. The van der Waals surface area contributed by atoms with Gasteiger partial charge in [0.25, 0.3) is 0 Å². The van der Waals surface area contributed by atoms with E-state index in [1.165, 1.54) is 38.8 Å². The van der Waals surface area contributed by atoms with Crippen molar-refractivity contribution in [1.29, 1.82) is 0 Å². The molecule has 0 spiro atoms. The van der Waals surface area contributed by atoms with Gasteiger partial charge in [-0.2, -0.15) is 0 Å². The van der Waals surface area contributed by atoms with Crippen LogP contribution in [0.4, 0.5) is 0 Å². The molecule has 86 valence electrons. The van der Waals surface area contributed by atoms with Crippen LogP contribution >= 0.6 is 0 Å². The Balaban J connectivity index is 1.45. The fraction of sp³-hybridized carbons (Fsp3) is 1.00. The highest BCUT2D eigenvalue weighted by molar-refractivity contribution is 4.91. The van der Waals surface area contributed by atoms with E-state index in [1.54, 1.807) is 0 Å². The number of hydrazine groups is 1. The lowest BCUT2D eigenvalue weighted by Gasteiger charge is -2.38. The van der Waals surface area contributed by atoms with E-state index in [0.717, 1.165) is 31.2 Å². The quantitative estimate of drug-likeness (QED) is 0.733. The number of nitrogens with zero attached hydrogens (tertiary/aromatic N) is 1. The Morgan fingerprint density at radius 2 is 1.80 bits per heavy atom. The van der Waals surface area contributed by atoms with Crippen molar-refractivity contribution in [3.8, 4) is 0 Å². The summed E-state index contributed by atoms with van der Waals surface area (Å²) in [5.41, 5.74) is 3.06. The highest BCUT2D eigenvalue weighted by Crippen LogP contribution is 2.37. The fourth-order valence-corrected chi connectivity index (χ4v) is 3.38. The van der Waals surface area contributed by atoms with Gasteiger partial charge in [0.05, 0.1) is 5.60 Å². The van der Waals surface area contributed by atoms with Gasteiger partial charge in [0.15, 0.2) is 0 Å². The Morgan fingerprint density at radius 3 is 2.33 bits per heavy atom. The van der Waals surface area contributed by atoms with E-state index in [1.807, 2.05) is 0 Å². The second kappa shape index (κ2) is 3.72. The topological polar surface area (TPSA) is 35.5 Å². The predicted molar refractivity (Wildman–Crippen MR) is 59.2 cm³/mol. The molecule has 1 saturated heterocycles. The molecule has 3 heteroatoms. The van der Waals surface area contributed by atoms with Crippen molar-refractivity contribution >= 4 is 0 Å². The van der Waals surface area contributed by atoms with Crippen molar-refractivity contribution in [2.24, 2.45) is 11.8 Å². The van der Waals surface area contributed by atoms with Gasteiger partial charge in [0.2, 0.25) is 0 Å². The first-order valence-electron chi connectivity index (χ1n) is 6.46. The van der Waals surface area contributed by atoms with Gasteiger partial charge in [-0.05, 0) is 43.9 Å². The summed E-state index contributed by atoms with van der Waals surface area (Å²) in [6.45, 7) is 3.19. The molecular formula is C12H22N2O. The number of nitrogens with one attached hydrogen (secondary N) is 1. The molecule has 2 aliphatic carbocycles. The van der Waals surface area contributed by atoms with Crippen LogP contribution in [0.2, 0.25) is 0 Å². The molecule has 1 heterocycles. The monoisotopic (exact) mass is 210 g/mol. The molecule has 15 heavy (non-hydrogen) atoms. The number of hydrogen-bond acceptors (Lipinski definition) is 3. The summed E-state index contributed by atoms with van der Waals surface area (Å²) in [5, 5.41) is 12.3. The van der Waals surface area contributed by atoms with Crippen LogP contribution in [-0.4, -0.2) is 35.4 Å². The maximum absolute atomic E-state index is 9.98. The van der Waals surface area contributed by atoms with Crippen LogP contribution in [0.3, 0.4) is 0 Å². The maximum atomic E-state index is 9.98. The summed E-state index contributed by atoms with van der Waals surface area (Å²) >= 11 is 0. The molecule has 3 nitrogen and oxygen atoms in total. The number of rotatable bonds is 3. The third-order valence-corrected chi connectivity index (χ3v) is 4.64. The molecule has 3 rings (SSSR count). The zero-order valence-electron chi connectivity index (χ0n) is 9.41. The Kier molecular flexibility index (Phi) is 2.49.